The number of amides is 2. The summed E-state index contributed by atoms with van der Waals surface area (Å²) in [5, 5.41) is 8.37. The van der Waals surface area contributed by atoms with Gasteiger partial charge in [0.15, 0.2) is 5.78 Å². The van der Waals surface area contributed by atoms with Crippen molar-refractivity contribution in [3.05, 3.63) is 60.0 Å². The van der Waals surface area contributed by atoms with Crippen LogP contribution in [-0.4, -0.2) is 55.4 Å². The molecule has 2 aromatic heterocycles. The summed E-state index contributed by atoms with van der Waals surface area (Å²) < 4.78 is 1.55. The zero-order valence-corrected chi connectivity index (χ0v) is 20.5. The summed E-state index contributed by atoms with van der Waals surface area (Å²) in [6.45, 7) is 1.46. The number of benzene rings is 1. The number of hydrogen-bond acceptors (Lipinski definition) is 5. The quantitative estimate of drug-likeness (QED) is 0.540. The number of aromatic nitrogens is 3. The number of rotatable bonds is 6. The maximum absolute atomic E-state index is 13.5. The Morgan fingerprint density at radius 3 is 2.56 bits per heavy atom. The average Bonchev–Trinajstić information content (AvgIpc) is 3.40. The standard InChI is InChI=1S/C28H31N5O3/c1-17(34)27-22-11-12-29-15-25(22)32(31-27)16-26(35)33-23-13-20(23)14-24(33)28(36)30-21-9-7-19(8-10-21)18-5-3-2-4-6-18/h2-6,11-12,15,19-21,23-24H,7-10,13-14,16H2,1H3,(H,30,36)/t19?,20-,21?,23-,24+/m1/s1. The maximum Gasteiger partial charge on any atom is 0.245 e. The summed E-state index contributed by atoms with van der Waals surface area (Å²) in [4.78, 5) is 44.8. The van der Waals surface area contributed by atoms with Gasteiger partial charge in [-0.15, -0.1) is 0 Å². The summed E-state index contributed by atoms with van der Waals surface area (Å²) in [6, 6.07) is 12.2. The van der Waals surface area contributed by atoms with Crippen LogP contribution >= 0.6 is 0 Å². The predicted molar refractivity (Wildman–Crippen MR) is 134 cm³/mol. The summed E-state index contributed by atoms with van der Waals surface area (Å²) in [7, 11) is 0. The van der Waals surface area contributed by atoms with Gasteiger partial charge in [0, 0.05) is 30.6 Å². The van der Waals surface area contributed by atoms with Crippen LogP contribution in [0.4, 0.5) is 0 Å². The second-order valence-electron chi connectivity index (χ2n) is 10.5. The first-order valence-electron chi connectivity index (χ1n) is 13.0. The third kappa shape index (κ3) is 4.18. The highest BCUT2D eigenvalue weighted by Gasteiger charge is 2.56. The molecule has 0 spiro atoms. The molecule has 3 fully saturated rings. The number of ketones is 1. The van der Waals surface area contributed by atoms with Gasteiger partial charge in [0.1, 0.15) is 18.3 Å². The smallest absolute Gasteiger partial charge is 0.245 e. The predicted octanol–water partition coefficient (Wildman–Crippen LogP) is 3.47. The minimum atomic E-state index is -0.430. The Balaban J connectivity index is 1.12. The van der Waals surface area contributed by atoms with Crippen LogP contribution < -0.4 is 5.32 Å². The number of carbonyl (C=O) groups excluding carboxylic acids is 3. The Kier molecular flexibility index (Phi) is 5.82. The molecule has 186 valence electrons. The van der Waals surface area contributed by atoms with Crippen LogP contribution in [-0.2, 0) is 16.1 Å². The van der Waals surface area contributed by atoms with Crippen molar-refractivity contribution in [3.63, 3.8) is 0 Å². The number of likely N-dealkylation sites (tertiary alicyclic amines) is 1. The Morgan fingerprint density at radius 1 is 1.03 bits per heavy atom. The third-order valence-electron chi connectivity index (χ3n) is 8.21. The van der Waals surface area contributed by atoms with E-state index < -0.39 is 6.04 Å². The lowest BCUT2D eigenvalue weighted by atomic mass is 9.81. The normalized spacial score (nSPS) is 27.0. The summed E-state index contributed by atoms with van der Waals surface area (Å²) in [5.41, 5.74) is 2.37. The van der Waals surface area contributed by atoms with E-state index in [1.807, 2.05) is 6.07 Å². The zero-order chi connectivity index (χ0) is 24.8. The number of Topliss-reactive ketones (excluding diaryl/α,β-unsaturated/α-hetero) is 1. The molecule has 8 heteroatoms. The zero-order valence-electron chi connectivity index (χ0n) is 20.5. The molecule has 0 unspecified atom stereocenters. The fraction of sp³-hybridized carbons (Fsp3) is 0.464. The highest BCUT2D eigenvalue weighted by atomic mass is 16.2. The highest BCUT2D eigenvalue weighted by molar-refractivity contribution is 6.04. The molecule has 0 radical (unpaired) electrons. The van der Waals surface area contributed by atoms with Gasteiger partial charge in [-0.3, -0.25) is 24.0 Å². The molecule has 3 aliphatic rings. The van der Waals surface area contributed by atoms with Crippen LogP contribution in [0.2, 0.25) is 0 Å². The van der Waals surface area contributed by atoms with Crippen LogP contribution in [0.5, 0.6) is 0 Å². The molecule has 2 saturated carbocycles. The van der Waals surface area contributed by atoms with Crippen molar-refractivity contribution in [2.45, 2.75) is 76.0 Å². The lowest BCUT2D eigenvalue weighted by Crippen LogP contribution is -2.51. The molecule has 1 aromatic carbocycles. The SMILES string of the molecule is CC(=O)c1nn(CC(=O)N2[C@@H]3C[C@@H]3C[C@H]2C(=O)NC2CCC(c3ccccc3)CC2)c2cnccc12. The van der Waals surface area contributed by atoms with Gasteiger partial charge < -0.3 is 10.2 Å². The Labute approximate surface area is 210 Å². The number of nitrogens with zero attached hydrogens (tertiary/aromatic N) is 4. The number of hydrogen-bond donors (Lipinski definition) is 1. The largest absolute Gasteiger partial charge is 0.352 e. The molecule has 2 aliphatic carbocycles. The van der Waals surface area contributed by atoms with Gasteiger partial charge in [0.25, 0.3) is 0 Å². The van der Waals surface area contributed by atoms with E-state index in [4.69, 9.17) is 0 Å². The van der Waals surface area contributed by atoms with Gasteiger partial charge >= 0.3 is 0 Å². The molecule has 1 aliphatic heterocycles. The first kappa shape index (κ1) is 22.9. The number of pyridine rings is 1. The van der Waals surface area contributed by atoms with Gasteiger partial charge in [0.05, 0.1) is 11.7 Å². The number of fused-ring (bicyclic) bond motifs is 2. The van der Waals surface area contributed by atoms with Gasteiger partial charge in [0.2, 0.25) is 11.8 Å². The number of nitrogens with one attached hydrogen (secondary N) is 1. The molecule has 6 rings (SSSR count). The van der Waals surface area contributed by atoms with Gasteiger partial charge in [-0.2, -0.15) is 5.10 Å². The topological polar surface area (TPSA) is 97.2 Å². The molecule has 36 heavy (non-hydrogen) atoms. The van der Waals surface area contributed by atoms with Gasteiger partial charge in [-0.05, 0) is 62.0 Å². The van der Waals surface area contributed by atoms with E-state index in [2.05, 4.69) is 39.7 Å². The second kappa shape index (κ2) is 9.15. The molecule has 0 bridgehead atoms. The summed E-state index contributed by atoms with van der Waals surface area (Å²) in [5.74, 6) is 0.642. The van der Waals surface area contributed by atoms with Crippen molar-refractivity contribution in [2.75, 3.05) is 0 Å². The minimum absolute atomic E-state index is 0.00927. The Bertz CT molecular complexity index is 1310. The van der Waals surface area contributed by atoms with E-state index in [1.54, 1.807) is 28.0 Å². The van der Waals surface area contributed by atoms with Crippen molar-refractivity contribution in [3.8, 4) is 0 Å². The first-order chi connectivity index (χ1) is 17.5. The van der Waals surface area contributed by atoms with Crippen molar-refractivity contribution in [1.29, 1.82) is 0 Å². The third-order valence-corrected chi connectivity index (χ3v) is 8.21. The molecule has 2 amide bonds. The lowest BCUT2D eigenvalue weighted by Gasteiger charge is -2.32. The van der Waals surface area contributed by atoms with Crippen LogP contribution in [0, 0.1) is 5.92 Å². The molecule has 3 atom stereocenters. The summed E-state index contributed by atoms with van der Waals surface area (Å²) in [6.07, 6.45) is 8.96. The number of piperidine rings is 1. The molecule has 3 heterocycles. The van der Waals surface area contributed by atoms with Crippen molar-refractivity contribution in [1.82, 2.24) is 25.0 Å². The van der Waals surface area contributed by atoms with E-state index in [0.717, 1.165) is 38.5 Å². The van der Waals surface area contributed by atoms with E-state index in [0.29, 0.717) is 28.4 Å². The minimum Gasteiger partial charge on any atom is -0.352 e. The van der Waals surface area contributed by atoms with Crippen molar-refractivity contribution in [2.24, 2.45) is 5.92 Å². The van der Waals surface area contributed by atoms with Gasteiger partial charge in [-0.25, -0.2) is 0 Å². The summed E-state index contributed by atoms with van der Waals surface area (Å²) >= 11 is 0. The number of carbonyl (C=O) groups is 3. The molecule has 1 N–H and O–H groups in total. The van der Waals surface area contributed by atoms with E-state index in [9.17, 15) is 14.4 Å². The van der Waals surface area contributed by atoms with Crippen molar-refractivity contribution >= 4 is 28.5 Å². The van der Waals surface area contributed by atoms with Crippen LogP contribution in [0.15, 0.2) is 48.8 Å². The fourth-order valence-corrected chi connectivity index (χ4v) is 6.25. The van der Waals surface area contributed by atoms with E-state index in [-0.39, 0.29) is 36.2 Å². The Hall–Kier alpha value is -3.55. The van der Waals surface area contributed by atoms with E-state index >= 15 is 0 Å². The first-order valence-corrected chi connectivity index (χ1v) is 13.0. The molecular formula is C28H31N5O3. The molecule has 1 saturated heterocycles. The monoisotopic (exact) mass is 485 g/mol. The lowest BCUT2D eigenvalue weighted by molar-refractivity contribution is -0.140. The molecule has 3 aromatic rings. The second-order valence-corrected chi connectivity index (χ2v) is 10.5. The average molecular weight is 486 g/mol. The fourth-order valence-electron chi connectivity index (χ4n) is 6.25. The van der Waals surface area contributed by atoms with Crippen molar-refractivity contribution < 1.29 is 14.4 Å². The molecule has 8 nitrogen and oxygen atoms in total. The van der Waals surface area contributed by atoms with Crippen LogP contribution in [0.25, 0.3) is 10.9 Å². The maximum atomic E-state index is 13.5. The Morgan fingerprint density at radius 2 is 1.81 bits per heavy atom. The van der Waals surface area contributed by atoms with E-state index in [1.165, 1.54) is 12.5 Å². The molecular weight excluding hydrogens is 454 g/mol. The van der Waals surface area contributed by atoms with Crippen LogP contribution in [0.3, 0.4) is 0 Å². The van der Waals surface area contributed by atoms with Gasteiger partial charge in [-0.1, -0.05) is 30.3 Å². The highest BCUT2D eigenvalue weighted by Crippen LogP contribution is 2.48. The van der Waals surface area contributed by atoms with Crippen LogP contribution in [0.1, 0.15) is 67.4 Å².